The molecule has 0 aromatic heterocycles. The average molecular weight is 218 g/mol. The predicted molar refractivity (Wildman–Crippen MR) is 51.3 cm³/mol. The second kappa shape index (κ2) is 4.39. The van der Waals surface area contributed by atoms with Crippen LogP contribution in [0.1, 0.15) is 10.4 Å². The van der Waals surface area contributed by atoms with Gasteiger partial charge in [-0.25, -0.2) is 4.39 Å². The Morgan fingerprint density at radius 2 is 2.29 bits per heavy atom. The maximum Gasteiger partial charge on any atom is 0.179 e. The van der Waals surface area contributed by atoms with Crippen LogP contribution in [0.25, 0.3) is 0 Å². The zero-order valence-electron chi connectivity index (χ0n) is 7.51. The maximum absolute atomic E-state index is 13.2. The lowest BCUT2D eigenvalue weighted by Gasteiger charge is -2.06. The summed E-state index contributed by atoms with van der Waals surface area (Å²) in [5.41, 5.74) is 5.01. The molecule has 0 saturated heterocycles. The first-order valence-electron chi connectivity index (χ1n) is 3.86. The van der Waals surface area contributed by atoms with Gasteiger partial charge in [-0.2, -0.15) is 0 Å². The van der Waals surface area contributed by atoms with Gasteiger partial charge in [0.1, 0.15) is 11.6 Å². The second-order valence-electron chi connectivity index (χ2n) is 2.59. The molecule has 0 amide bonds. The molecule has 0 aliphatic carbocycles. The normalized spacial score (nSPS) is 10.0. The minimum absolute atomic E-state index is 0.103. The number of ketones is 1. The molecule has 0 aliphatic rings. The van der Waals surface area contributed by atoms with Gasteiger partial charge in [0.05, 0.1) is 24.2 Å². The van der Waals surface area contributed by atoms with Crippen molar-refractivity contribution in [1.82, 2.24) is 0 Å². The number of ether oxygens (including phenoxy) is 1. The van der Waals surface area contributed by atoms with E-state index < -0.39 is 11.6 Å². The third-order valence-corrected chi connectivity index (χ3v) is 2.02. The van der Waals surface area contributed by atoms with Crippen LogP contribution < -0.4 is 10.5 Å². The van der Waals surface area contributed by atoms with E-state index in [9.17, 15) is 9.18 Å². The molecule has 1 aromatic carbocycles. The number of hydrogen-bond acceptors (Lipinski definition) is 3. The molecule has 0 heterocycles. The summed E-state index contributed by atoms with van der Waals surface area (Å²) >= 11 is 5.64. The first-order valence-corrected chi connectivity index (χ1v) is 4.24. The molecule has 1 rings (SSSR count). The van der Waals surface area contributed by atoms with Crippen LogP contribution in [-0.2, 0) is 0 Å². The Morgan fingerprint density at radius 1 is 1.64 bits per heavy atom. The van der Waals surface area contributed by atoms with Gasteiger partial charge in [-0.3, -0.25) is 4.79 Å². The summed E-state index contributed by atoms with van der Waals surface area (Å²) in [5.74, 6) is -0.923. The number of carbonyl (C=O) groups is 1. The average Bonchev–Trinajstić information content (AvgIpc) is 2.17. The number of benzene rings is 1. The van der Waals surface area contributed by atoms with Gasteiger partial charge >= 0.3 is 0 Å². The molecule has 1 aromatic rings. The van der Waals surface area contributed by atoms with Crippen molar-refractivity contribution in [1.29, 1.82) is 0 Å². The predicted octanol–water partition coefficient (Wildman–Crippen LogP) is 1.63. The largest absolute Gasteiger partial charge is 0.495 e. The number of carbonyl (C=O) groups excluding carboxylic acids is 1. The molecular formula is C9H9ClFNO2. The molecule has 0 unspecified atom stereocenters. The van der Waals surface area contributed by atoms with Crippen LogP contribution in [0.15, 0.2) is 12.1 Å². The summed E-state index contributed by atoms with van der Waals surface area (Å²) in [7, 11) is 1.38. The number of rotatable bonds is 3. The zero-order valence-corrected chi connectivity index (χ0v) is 8.27. The van der Waals surface area contributed by atoms with E-state index in [0.717, 1.165) is 6.07 Å². The maximum atomic E-state index is 13.2. The second-order valence-corrected chi connectivity index (χ2v) is 3.00. The van der Waals surface area contributed by atoms with Crippen LogP contribution in [0, 0.1) is 5.82 Å². The molecule has 5 heteroatoms. The van der Waals surface area contributed by atoms with Crippen molar-refractivity contribution in [3.8, 4) is 5.75 Å². The minimum Gasteiger partial charge on any atom is -0.495 e. The van der Waals surface area contributed by atoms with Crippen LogP contribution in [0.3, 0.4) is 0 Å². The van der Waals surface area contributed by atoms with Gasteiger partial charge in [-0.05, 0) is 12.1 Å². The number of nitrogens with two attached hydrogens (primary N) is 1. The Kier molecular flexibility index (Phi) is 3.43. The highest BCUT2D eigenvalue weighted by atomic mass is 35.5. The smallest absolute Gasteiger partial charge is 0.179 e. The Balaban J connectivity index is 3.24. The molecule has 0 radical (unpaired) electrons. The standard InChI is InChI=1S/C9H9ClFNO2/c1-14-9-2-5(8(13)4-12)7(11)3-6(9)10/h2-3H,4,12H2,1H3. The van der Waals surface area contributed by atoms with E-state index in [0.29, 0.717) is 0 Å². The Morgan fingerprint density at radius 3 is 2.79 bits per heavy atom. The van der Waals surface area contributed by atoms with Crippen molar-refractivity contribution in [3.05, 3.63) is 28.5 Å². The third-order valence-electron chi connectivity index (χ3n) is 1.73. The summed E-state index contributed by atoms with van der Waals surface area (Å²) in [6, 6.07) is 2.27. The van der Waals surface area contributed by atoms with Crippen molar-refractivity contribution >= 4 is 17.4 Å². The molecule has 76 valence electrons. The summed E-state index contributed by atoms with van der Waals surface area (Å²) in [5, 5.41) is 0.124. The fourth-order valence-electron chi connectivity index (χ4n) is 1.01. The number of halogens is 2. The molecule has 0 fully saturated rings. The summed E-state index contributed by atoms with van der Waals surface area (Å²) < 4.78 is 18.0. The highest BCUT2D eigenvalue weighted by Crippen LogP contribution is 2.27. The monoisotopic (exact) mass is 217 g/mol. The first kappa shape index (κ1) is 10.9. The van der Waals surface area contributed by atoms with E-state index >= 15 is 0 Å². The van der Waals surface area contributed by atoms with E-state index in [-0.39, 0.29) is 22.9 Å². The quantitative estimate of drug-likeness (QED) is 0.783. The summed E-state index contributed by atoms with van der Waals surface area (Å²) in [6.07, 6.45) is 0. The molecular weight excluding hydrogens is 209 g/mol. The van der Waals surface area contributed by atoms with Gasteiger partial charge in [-0.1, -0.05) is 11.6 Å². The molecule has 3 nitrogen and oxygen atoms in total. The van der Waals surface area contributed by atoms with Crippen LogP contribution in [0.2, 0.25) is 5.02 Å². The number of Topliss-reactive ketones (excluding diaryl/α,β-unsaturated/α-hetero) is 1. The third kappa shape index (κ3) is 2.02. The lowest BCUT2D eigenvalue weighted by atomic mass is 10.1. The molecule has 14 heavy (non-hydrogen) atoms. The van der Waals surface area contributed by atoms with Gasteiger partial charge in [0.2, 0.25) is 0 Å². The van der Waals surface area contributed by atoms with E-state index in [2.05, 4.69) is 0 Å². The Bertz CT molecular complexity index is 368. The highest BCUT2D eigenvalue weighted by Gasteiger charge is 2.14. The zero-order chi connectivity index (χ0) is 10.7. The van der Waals surface area contributed by atoms with Crippen molar-refractivity contribution in [2.45, 2.75) is 0 Å². The topological polar surface area (TPSA) is 52.3 Å². The van der Waals surface area contributed by atoms with Crippen LogP contribution >= 0.6 is 11.6 Å². The van der Waals surface area contributed by atoms with Crippen molar-refractivity contribution in [2.24, 2.45) is 5.73 Å². The van der Waals surface area contributed by atoms with Gasteiger partial charge in [0.15, 0.2) is 5.78 Å². The highest BCUT2D eigenvalue weighted by molar-refractivity contribution is 6.32. The lowest BCUT2D eigenvalue weighted by molar-refractivity contribution is 0.0997. The van der Waals surface area contributed by atoms with E-state index in [4.69, 9.17) is 22.1 Å². The molecule has 0 spiro atoms. The van der Waals surface area contributed by atoms with Crippen LogP contribution in [-0.4, -0.2) is 19.4 Å². The Hall–Kier alpha value is -1.13. The number of methoxy groups -OCH3 is 1. The van der Waals surface area contributed by atoms with E-state index in [1.54, 1.807) is 0 Å². The van der Waals surface area contributed by atoms with Gasteiger partial charge < -0.3 is 10.5 Å². The summed E-state index contributed by atoms with van der Waals surface area (Å²) in [6.45, 7) is -0.248. The SMILES string of the molecule is COc1cc(C(=O)CN)c(F)cc1Cl. The van der Waals surface area contributed by atoms with Gasteiger partial charge in [-0.15, -0.1) is 0 Å². The van der Waals surface area contributed by atoms with E-state index in [1.807, 2.05) is 0 Å². The van der Waals surface area contributed by atoms with E-state index in [1.165, 1.54) is 13.2 Å². The molecule has 0 bridgehead atoms. The molecule has 2 N–H and O–H groups in total. The number of hydrogen-bond donors (Lipinski definition) is 1. The lowest BCUT2D eigenvalue weighted by Crippen LogP contribution is -2.15. The Labute approximate surface area is 85.6 Å². The molecule has 0 aliphatic heterocycles. The fraction of sp³-hybridized carbons (Fsp3) is 0.222. The van der Waals surface area contributed by atoms with Gasteiger partial charge in [0.25, 0.3) is 0 Å². The minimum atomic E-state index is -0.689. The van der Waals surface area contributed by atoms with Crippen molar-refractivity contribution in [3.63, 3.8) is 0 Å². The molecule has 0 atom stereocenters. The molecule has 0 saturated carbocycles. The first-order chi connectivity index (χ1) is 6.60. The van der Waals surface area contributed by atoms with Crippen molar-refractivity contribution < 1.29 is 13.9 Å². The van der Waals surface area contributed by atoms with Crippen molar-refractivity contribution in [2.75, 3.05) is 13.7 Å². The fourth-order valence-corrected chi connectivity index (χ4v) is 1.24. The van der Waals surface area contributed by atoms with Crippen LogP contribution in [0.4, 0.5) is 4.39 Å². The summed E-state index contributed by atoms with van der Waals surface area (Å²) in [4.78, 5) is 11.2. The van der Waals surface area contributed by atoms with Crippen LogP contribution in [0.5, 0.6) is 5.75 Å². The van der Waals surface area contributed by atoms with Gasteiger partial charge in [0, 0.05) is 0 Å².